The zero-order chi connectivity index (χ0) is 17.9. The third-order valence-corrected chi connectivity index (χ3v) is 5.53. The number of para-hydroxylation sites is 1. The molecule has 2 aromatic carbocycles. The van der Waals surface area contributed by atoms with Crippen molar-refractivity contribution in [2.24, 2.45) is 0 Å². The highest BCUT2D eigenvalue weighted by Gasteiger charge is 2.29. The number of piperidine rings is 1. The summed E-state index contributed by atoms with van der Waals surface area (Å²) in [6.45, 7) is 3.24. The first-order chi connectivity index (χ1) is 12.7. The highest BCUT2D eigenvalue weighted by molar-refractivity contribution is 5.91. The van der Waals surface area contributed by atoms with Crippen molar-refractivity contribution < 1.29 is 0 Å². The van der Waals surface area contributed by atoms with Crippen LogP contribution in [0.1, 0.15) is 36.6 Å². The number of fused-ring (bicyclic) bond motifs is 1. The van der Waals surface area contributed by atoms with Crippen LogP contribution in [0.4, 0.5) is 5.69 Å². The fraction of sp³-hybridized carbons (Fsp3) is 0.348. The number of aromatic nitrogens is 1. The van der Waals surface area contributed by atoms with Crippen LogP contribution in [0.15, 0.2) is 60.7 Å². The summed E-state index contributed by atoms with van der Waals surface area (Å²) >= 11 is 0. The topological polar surface area (TPSA) is 28.2 Å². The Kier molecular flexibility index (Phi) is 4.89. The zero-order valence-electron chi connectivity index (χ0n) is 15.7. The normalized spacial score (nSPS) is 19.4. The molecule has 0 amide bonds. The molecule has 0 spiro atoms. The minimum Gasteiger partial charge on any atom is -0.376 e. The van der Waals surface area contributed by atoms with Crippen molar-refractivity contribution >= 4 is 16.6 Å². The number of likely N-dealkylation sites (N-methyl/N-ethyl adjacent to an activating group) is 1. The van der Waals surface area contributed by atoms with Crippen molar-refractivity contribution in [2.45, 2.75) is 38.3 Å². The van der Waals surface area contributed by atoms with Crippen molar-refractivity contribution in [1.29, 1.82) is 0 Å². The predicted molar refractivity (Wildman–Crippen MR) is 110 cm³/mol. The van der Waals surface area contributed by atoms with Gasteiger partial charge in [0, 0.05) is 22.8 Å². The Morgan fingerprint density at radius 2 is 1.81 bits per heavy atom. The van der Waals surface area contributed by atoms with Gasteiger partial charge in [0.2, 0.25) is 0 Å². The highest BCUT2D eigenvalue weighted by atomic mass is 15.2. The van der Waals surface area contributed by atoms with Gasteiger partial charge in [-0.05, 0) is 51.1 Å². The van der Waals surface area contributed by atoms with Crippen LogP contribution in [0.3, 0.4) is 0 Å². The molecule has 1 fully saturated rings. The maximum absolute atomic E-state index is 4.69. The summed E-state index contributed by atoms with van der Waals surface area (Å²) < 4.78 is 0. The van der Waals surface area contributed by atoms with Crippen molar-refractivity contribution in [1.82, 2.24) is 9.88 Å². The average Bonchev–Trinajstić information content (AvgIpc) is 2.67. The van der Waals surface area contributed by atoms with Gasteiger partial charge >= 0.3 is 0 Å². The zero-order valence-corrected chi connectivity index (χ0v) is 15.7. The Bertz CT molecular complexity index is 875. The van der Waals surface area contributed by atoms with Crippen LogP contribution in [0.25, 0.3) is 10.9 Å². The van der Waals surface area contributed by atoms with E-state index in [1.54, 1.807) is 0 Å². The Morgan fingerprint density at radius 1 is 1.04 bits per heavy atom. The molecule has 1 aliphatic rings. The van der Waals surface area contributed by atoms with Crippen molar-refractivity contribution in [2.75, 3.05) is 18.9 Å². The molecule has 2 heterocycles. The van der Waals surface area contributed by atoms with Crippen molar-refractivity contribution in [3.8, 4) is 0 Å². The molecule has 1 N–H and O–H groups in total. The monoisotopic (exact) mass is 345 g/mol. The Labute approximate surface area is 156 Å². The lowest BCUT2D eigenvalue weighted by atomic mass is 9.91. The molecule has 26 heavy (non-hydrogen) atoms. The largest absolute Gasteiger partial charge is 0.376 e. The van der Waals surface area contributed by atoms with Crippen LogP contribution in [0.5, 0.6) is 0 Å². The first-order valence-electron chi connectivity index (χ1n) is 9.60. The second-order valence-corrected chi connectivity index (χ2v) is 7.40. The van der Waals surface area contributed by atoms with Gasteiger partial charge in [0.1, 0.15) is 0 Å². The summed E-state index contributed by atoms with van der Waals surface area (Å²) in [5, 5.41) is 5.09. The average molecular weight is 345 g/mol. The molecule has 3 nitrogen and oxygen atoms in total. The molecule has 0 bridgehead atoms. The van der Waals surface area contributed by atoms with Gasteiger partial charge in [-0.3, -0.25) is 4.98 Å². The van der Waals surface area contributed by atoms with Crippen LogP contribution >= 0.6 is 0 Å². The molecule has 1 saturated heterocycles. The first-order valence-corrected chi connectivity index (χ1v) is 9.60. The van der Waals surface area contributed by atoms with Gasteiger partial charge in [0.15, 0.2) is 0 Å². The maximum atomic E-state index is 4.69. The van der Waals surface area contributed by atoms with Gasteiger partial charge in [0.25, 0.3) is 0 Å². The molecule has 0 saturated carbocycles. The highest BCUT2D eigenvalue weighted by Crippen LogP contribution is 2.33. The molecule has 0 radical (unpaired) electrons. The second-order valence-electron chi connectivity index (χ2n) is 7.40. The molecule has 2 atom stereocenters. The van der Waals surface area contributed by atoms with Crippen molar-refractivity contribution in [3.05, 3.63) is 71.9 Å². The van der Waals surface area contributed by atoms with Gasteiger partial charge in [-0.15, -0.1) is 0 Å². The van der Waals surface area contributed by atoms with E-state index in [-0.39, 0.29) is 6.04 Å². The molecule has 1 unspecified atom stereocenters. The number of pyridine rings is 1. The predicted octanol–water partition coefficient (Wildman–Crippen LogP) is 5.18. The Morgan fingerprint density at radius 3 is 2.62 bits per heavy atom. The number of nitrogens with one attached hydrogen (secondary N) is 1. The quantitative estimate of drug-likeness (QED) is 0.706. The molecule has 3 aromatic rings. The third-order valence-electron chi connectivity index (χ3n) is 5.53. The van der Waals surface area contributed by atoms with E-state index in [2.05, 4.69) is 84.9 Å². The number of hydrogen-bond donors (Lipinski definition) is 1. The smallest absolute Gasteiger partial charge is 0.0725 e. The molecular weight excluding hydrogens is 318 g/mol. The maximum Gasteiger partial charge on any atom is 0.0725 e. The van der Waals surface area contributed by atoms with E-state index in [0.717, 1.165) is 11.2 Å². The van der Waals surface area contributed by atoms with Gasteiger partial charge in [-0.2, -0.15) is 0 Å². The van der Waals surface area contributed by atoms with Crippen molar-refractivity contribution in [3.63, 3.8) is 0 Å². The number of aryl methyl sites for hydroxylation is 1. The van der Waals surface area contributed by atoms with Gasteiger partial charge in [0.05, 0.1) is 11.6 Å². The minimum absolute atomic E-state index is 0.270. The minimum atomic E-state index is 0.270. The summed E-state index contributed by atoms with van der Waals surface area (Å²) in [5.74, 6) is 0. The van der Waals surface area contributed by atoms with Gasteiger partial charge < -0.3 is 10.2 Å². The molecule has 134 valence electrons. The molecule has 3 heteroatoms. The molecule has 0 aliphatic carbocycles. The SMILES string of the molecule is Cc1cc(N[C@@H](c2ccccc2)C2CCCCN2C)c2ccccc2n1. The van der Waals surface area contributed by atoms with E-state index in [9.17, 15) is 0 Å². The molecule has 4 rings (SSSR count). The lowest BCUT2D eigenvalue weighted by Crippen LogP contribution is -2.43. The van der Waals surface area contributed by atoms with Gasteiger partial charge in [-0.25, -0.2) is 0 Å². The van der Waals surface area contributed by atoms with Crippen LogP contribution in [-0.2, 0) is 0 Å². The lowest BCUT2D eigenvalue weighted by molar-refractivity contribution is 0.166. The summed E-state index contributed by atoms with van der Waals surface area (Å²) in [6.07, 6.45) is 3.83. The Hall–Kier alpha value is -2.39. The molecular formula is C23H27N3. The first kappa shape index (κ1) is 17.0. The fourth-order valence-electron chi connectivity index (χ4n) is 4.18. The number of hydrogen-bond acceptors (Lipinski definition) is 3. The lowest BCUT2D eigenvalue weighted by Gasteiger charge is -2.39. The summed E-state index contributed by atoms with van der Waals surface area (Å²) in [7, 11) is 2.26. The number of nitrogens with zero attached hydrogens (tertiary/aromatic N) is 2. The number of anilines is 1. The summed E-state index contributed by atoms with van der Waals surface area (Å²) in [4.78, 5) is 7.21. The number of likely N-dealkylation sites (tertiary alicyclic amines) is 1. The van der Waals surface area contributed by atoms with Crippen LogP contribution in [0, 0.1) is 6.92 Å². The summed E-state index contributed by atoms with van der Waals surface area (Å²) in [5.41, 5.74) is 4.64. The van der Waals surface area contributed by atoms with Crippen LogP contribution < -0.4 is 5.32 Å². The third kappa shape index (κ3) is 3.45. The van der Waals surface area contributed by atoms with Gasteiger partial charge in [-0.1, -0.05) is 55.0 Å². The molecule has 1 aromatic heterocycles. The van der Waals surface area contributed by atoms with E-state index < -0.39 is 0 Å². The summed E-state index contributed by atoms with van der Waals surface area (Å²) in [6, 6.07) is 22.2. The van der Waals surface area contributed by atoms with E-state index in [0.29, 0.717) is 6.04 Å². The fourth-order valence-corrected chi connectivity index (χ4v) is 4.18. The van der Waals surface area contributed by atoms with E-state index in [1.165, 1.54) is 42.4 Å². The van der Waals surface area contributed by atoms with Crippen LogP contribution in [-0.4, -0.2) is 29.5 Å². The van der Waals surface area contributed by atoms with E-state index in [4.69, 9.17) is 4.98 Å². The second kappa shape index (κ2) is 7.46. The molecule has 1 aliphatic heterocycles. The van der Waals surface area contributed by atoms with Crippen LogP contribution in [0.2, 0.25) is 0 Å². The number of rotatable bonds is 4. The Balaban J connectivity index is 1.76. The van der Waals surface area contributed by atoms with E-state index in [1.807, 2.05) is 0 Å². The standard InChI is InChI=1S/C23H27N3/c1-17-16-21(19-12-6-7-13-20(19)24-17)25-23(18-10-4-3-5-11-18)22-14-8-9-15-26(22)2/h3-7,10-13,16,22-23H,8-9,14-15H2,1-2H3,(H,24,25)/t22?,23-/m0/s1. The van der Waals surface area contributed by atoms with E-state index >= 15 is 0 Å². The number of benzene rings is 2.